The molecule has 18 heavy (non-hydrogen) atoms. The van der Waals surface area contributed by atoms with Crippen LogP contribution in [0.2, 0.25) is 0 Å². The van der Waals surface area contributed by atoms with E-state index in [0.29, 0.717) is 0 Å². The molecule has 0 aromatic carbocycles. The average Bonchev–Trinajstić information content (AvgIpc) is 2.96. The second kappa shape index (κ2) is 5.72. The molecule has 2 nitrogen and oxygen atoms in total. The maximum absolute atomic E-state index is 11.7. The van der Waals surface area contributed by atoms with Gasteiger partial charge in [0.25, 0.3) is 0 Å². The summed E-state index contributed by atoms with van der Waals surface area (Å²) in [5.74, 6) is 0.0574. The van der Waals surface area contributed by atoms with Crippen molar-refractivity contribution in [3.8, 4) is 0 Å². The number of alkyl halides is 1. The van der Waals surface area contributed by atoms with Gasteiger partial charge in [0.2, 0.25) is 0 Å². The van der Waals surface area contributed by atoms with Crippen molar-refractivity contribution in [2.75, 3.05) is 5.88 Å². The third kappa shape index (κ3) is 2.68. The largest absolute Gasteiger partial charge is 0.348 e. The van der Waals surface area contributed by atoms with Crippen LogP contribution < -0.4 is 0 Å². The first kappa shape index (κ1) is 13.4. The maximum atomic E-state index is 11.7. The number of rotatable bonds is 5. The molecule has 0 aliphatic heterocycles. The Morgan fingerprint density at radius 2 is 2.22 bits per heavy atom. The number of ketones is 1. The number of hydrogen-bond donors (Lipinski definition) is 0. The predicted molar refractivity (Wildman–Crippen MR) is 77.0 cm³/mol. The van der Waals surface area contributed by atoms with Gasteiger partial charge in [-0.05, 0) is 37.8 Å². The van der Waals surface area contributed by atoms with E-state index in [1.807, 2.05) is 19.9 Å². The van der Waals surface area contributed by atoms with E-state index in [0.717, 1.165) is 29.9 Å². The fourth-order valence-corrected chi connectivity index (χ4v) is 3.02. The van der Waals surface area contributed by atoms with E-state index in [1.165, 1.54) is 4.88 Å². The highest BCUT2D eigenvalue weighted by Gasteiger charge is 2.14. The van der Waals surface area contributed by atoms with Crippen molar-refractivity contribution < 1.29 is 4.79 Å². The Bertz CT molecular complexity index is 542. The zero-order chi connectivity index (χ0) is 13.1. The third-order valence-electron chi connectivity index (χ3n) is 3.16. The molecule has 0 unspecified atom stereocenters. The molecule has 0 atom stereocenters. The zero-order valence-electron chi connectivity index (χ0n) is 10.6. The summed E-state index contributed by atoms with van der Waals surface area (Å²) in [7, 11) is 0. The number of carbonyl (C=O) groups is 1. The van der Waals surface area contributed by atoms with Gasteiger partial charge in [-0.1, -0.05) is 6.07 Å². The summed E-state index contributed by atoms with van der Waals surface area (Å²) in [6.45, 7) is 4.93. The molecule has 0 spiro atoms. The maximum Gasteiger partial charge on any atom is 0.179 e. The number of thiophene rings is 1. The van der Waals surface area contributed by atoms with Crippen molar-refractivity contribution in [3.05, 3.63) is 45.4 Å². The van der Waals surface area contributed by atoms with Crippen LogP contribution >= 0.6 is 22.9 Å². The number of halogens is 1. The van der Waals surface area contributed by atoms with E-state index >= 15 is 0 Å². The van der Waals surface area contributed by atoms with Gasteiger partial charge in [-0.25, -0.2) is 0 Å². The lowest BCUT2D eigenvalue weighted by Crippen LogP contribution is -2.07. The number of hydrogen-bond acceptors (Lipinski definition) is 2. The molecule has 96 valence electrons. The first-order valence-corrected chi connectivity index (χ1v) is 7.33. The van der Waals surface area contributed by atoms with Crippen molar-refractivity contribution in [3.63, 3.8) is 0 Å². The summed E-state index contributed by atoms with van der Waals surface area (Å²) in [6, 6.07) is 6.15. The molecule has 4 heteroatoms. The summed E-state index contributed by atoms with van der Waals surface area (Å²) < 4.78 is 2.19. The van der Waals surface area contributed by atoms with Gasteiger partial charge < -0.3 is 4.57 Å². The lowest BCUT2D eigenvalue weighted by molar-refractivity contribution is 0.102. The molecule has 0 saturated heterocycles. The summed E-state index contributed by atoms with van der Waals surface area (Å²) >= 11 is 7.39. The number of Topliss-reactive ketones (excluding diaryl/α,β-unsaturated/α-hetero) is 1. The van der Waals surface area contributed by atoms with Crippen LogP contribution in [-0.4, -0.2) is 16.2 Å². The molecule has 0 saturated carbocycles. The molecular weight excluding hydrogens is 266 g/mol. The molecular formula is C14H16ClNOS. The van der Waals surface area contributed by atoms with Gasteiger partial charge in [0.15, 0.2) is 5.78 Å². The molecule has 0 bridgehead atoms. The van der Waals surface area contributed by atoms with Crippen molar-refractivity contribution in [1.82, 2.24) is 4.57 Å². The topological polar surface area (TPSA) is 22.0 Å². The van der Waals surface area contributed by atoms with Gasteiger partial charge in [0, 0.05) is 28.4 Å². The lowest BCUT2D eigenvalue weighted by atomic mass is 10.2. The van der Waals surface area contributed by atoms with Gasteiger partial charge in [0.1, 0.15) is 0 Å². The summed E-state index contributed by atoms with van der Waals surface area (Å²) in [6.07, 6.45) is 1.00. The summed E-state index contributed by atoms with van der Waals surface area (Å²) in [5, 5.41) is 2.09. The van der Waals surface area contributed by atoms with Crippen LogP contribution in [0.1, 0.15) is 26.6 Å². The standard InChI is InChI=1S/C14H16ClNOS/c1-10-8-13(14(17)9-15)11(2)16(10)6-5-12-4-3-7-18-12/h3-4,7-8H,5-6,9H2,1-2H3. The minimum atomic E-state index is 0.00661. The fraction of sp³-hybridized carbons (Fsp3) is 0.357. The smallest absolute Gasteiger partial charge is 0.179 e. The lowest BCUT2D eigenvalue weighted by Gasteiger charge is -2.08. The first-order chi connectivity index (χ1) is 8.63. The molecule has 0 aliphatic carbocycles. The molecule has 0 N–H and O–H groups in total. The third-order valence-corrected chi connectivity index (χ3v) is 4.34. The Hall–Kier alpha value is -1.06. The van der Waals surface area contributed by atoms with E-state index in [9.17, 15) is 4.79 Å². The second-order valence-corrected chi connectivity index (χ2v) is 5.62. The van der Waals surface area contributed by atoms with Crippen LogP contribution in [0.4, 0.5) is 0 Å². The van der Waals surface area contributed by atoms with E-state index in [-0.39, 0.29) is 11.7 Å². The van der Waals surface area contributed by atoms with E-state index in [1.54, 1.807) is 11.3 Å². The number of nitrogens with zero attached hydrogens (tertiary/aromatic N) is 1. The van der Waals surface area contributed by atoms with Gasteiger partial charge in [0.05, 0.1) is 5.88 Å². The molecule has 0 radical (unpaired) electrons. The van der Waals surface area contributed by atoms with Crippen LogP contribution in [0, 0.1) is 13.8 Å². The molecule has 0 aliphatic rings. The number of aryl methyl sites for hydroxylation is 2. The second-order valence-electron chi connectivity index (χ2n) is 4.32. The normalized spacial score (nSPS) is 10.8. The Morgan fingerprint density at radius 1 is 1.44 bits per heavy atom. The first-order valence-electron chi connectivity index (χ1n) is 5.91. The van der Waals surface area contributed by atoms with Crippen molar-refractivity contribution >= 4 is 28.7 Å². The quantitative estimate of drug-likeness (QED) is 0.603. The van der Waals surface area contributed by atoms with Crippen LogP contribution in [-0.2, 0) is 13.0 Å². The van der Waals surface area contributed by atoms with Crippen molar-refractivity contribution in [2.45, 2.75) is 26.8 Å². The van der Waals surface area contributed by atoms with E-state index < -0.39 is 0 Å². The predicted octanol–water partition coefficient (Wildman–Crippen LogP) is 3.83. The van der Waals surface area contributed by atoms with Gasteiger partial charge in [-0.2, -0.15) is 0 Å². The van der Waals surface area contributed by atoms with Gasteiger partial charge in [-0.15, -0.1) is 22.9 Å². The number of aromatic nitrogens is 1. The van der Waals surface area contributed by atoms with Crippen LogP contribution in [0.15, 0.2) is 23.6 Å². The van der Waals surface area contributed by atoms with Crippen LogP contribution in [0.25, 0.3) is 0 Å². The summed E-state index contributed by atoms with van der Waals surface area (Å²) in [5.41, 5.74) is 2.90. The van der Waals surface area contributed by atoms with Crippen LogP contribution in [0.5, 0.6) is 0 Å². The molecule has 2 heterocycles. The number of carbonyl (C=O) groups excluding carboxylic acids is 1. The zero-order valence-corrected chi connectivity index (χ0v) is 12.1. The SMILES string of the molecule is Cc1cc(C(=O)CCl)c(C)n1CCc1cccs1. The fourth-order valence-electron chi connectivity index (χ4n) is 2.18. The highest BCUT2D eigenvalue weighted by Crippen LogP contribution is 2.18. The highest BCUT2D eigenvalue weighted by atomic mass is 35.5. The molecule has 2 aromatic heterocycles. The monoisotopic (exact) mass is 281 g/mol. The molecule has 2 rings (SSSR count). The van der Waals surface area contributed by atoms with Crippen molar-refractivity contribution in [2.24, 2.45) is 0 Å². The molecule has 0 amide bonds. The van der Waals surface area contributed by atoms with Crippen molar-refractivity contribution in [1.29, 1.82) is 0 Å². The van der Waals surface area contributed by atoms with E-state index in [4.69, 9.17) is 11.6 Å². The average molecular weight is 282 g/mol. The Morgan fingerprint density at radius 3 is 2.83 bits per heavy atom. The van der Waals surface area contributed by atoms with Gasteiger partial charge >= 0.3 is 0 Å². The Kier molecular flexibility index (Phi) is 4.25. The van der Waals surface area contributed by atoms with Gasteiger partial charge in [-0.3, -0.25) is 4.79 Å². The Balaban J connectivity index is 2.18. The van der Waals surface area contributed by atoms with E-state index in [2.05, 4.69) is 22.1 Å². The summed E-state index contributed by atoms with van der Waals surface area (Å²) in [4.78, 5) is 13.1. The highest BCUT2D eigenvalue weighted by molar-refractivity contribution is 7.09. The molecule has 2 aromatic rings. The minimum absolute atomic E-state index is 0.00661. The molecule has 0 fully saturated rings. The Labute approximate surface area is 116 Å². The van der Waals surface area contributed by atoms with Crippen LogP contribution in [0.3, 0.4) is 0 Å². The minimum Gasteiger partial charge on any atom is -0.348 e.